The Morgan fingerprint density at radius 2 is 2.24 bits per heavy atom. The molecule has 0 aliphatic carbocycles. The number of imidazole rings is 1. The fourth-order valence-electron chi connectivity index (χ4n) is 3.34. The van der Waals surface area contributed by atoms with Gasteiger partial charge in [-0.1, -0.05) is 5.16 Å². The number of oxime groups is 1. The van der Waals surface area contributed by atoms with Gasteiger partial charge in [0.1, 0.15) is 41.5 Å². The zero-order chi connectivity index (χ0) is 23.7. The molecule has 1 unspecified atom stereocenters. The van der Waals surface area contributed by atoms with Gasteiger partial charge in [-0.2, -0.15) is 0 Å². The molecule has 2 amide bonds. The number of anilines is 1. The van der Waals surface area contributed by atoms with Crippen LogP contribution in [0.15, 0.2) is 34.4 Å². The van der Waals surface area contributed by atoms with Crippen molar-refractivity contribution >= 4 is 51.7 Å². The Bertz CT molecular complexity index is 1150. The van der Waals surface area contributed by atoms with Gasteiger partial charge in [0, 0.05) is 17.8 Å². The number of nitrogens with zero attached hydrogens (tertiary/aromatic N) is 4. The van der Waals surface area contributed by atoms with Crippen molar-refractivity contribution in [1.29, 1.82) is 0 Å². The maximum atomic E-state index is 12.8. The Kier molecular flexibility index (Phi) is 8.25. The number of carboxylic acid groups (broad SMARTS) is 1. The minimum absolute atomic E-state index is 0. The first kappa shape index (κ1) is 26.0. The van der Waals surface area contributed by atoms with Crippen molar-refractivity contribution in [2.45, 2.75) is 24.4 Å². The molecule has 4 heterocycles. The van der Waals surface area contributed by atoms with Crippen LogP contribution in [0.4, 0.5) is 5.13 Å². The van der Waals surface area contributed by atoms with Crippen LogP contribution in [0.3, 0.4) is 0 Å². The van der Waals surface area contributed by atoms with Crippen LogP contribution in [0.2, 0.25) is 0 Å². The molecule has 2 aliphatic heterocycles. The largest absolute Gasteiger partial charge is 1.00 e. The summed E-state index contributed by atoms with van der Waals surface area (Å²) in [7, 11) is 1.26. The molecule has 34 heavy (non-hydrogen) atoms. The van der Waals surface area contributed by atoms with Gasteiger partial charge in [-0.15, -0.1) is 23.1 Å². The second-order valence-electron chi connectivity index (χ2n) is 6.85. The predicted octanol–water partition coefficient (Wildman–Crippen LogP) is -4.06. The molecule has 2 aromatic heterocycles. The molecule has 16 heteroatoms. The van der Waals surface area contributed by atoms with Crippen molar-refractivity contribution in [2.75, 3.05) is 18.6 Å². The molecule has 0 radical (unpaired) electrons. The summed E-state index contributed by atoms with van der Waals surface area (Å²) in [4.78, 5) is 54.2. The van der Waals surface area contributed by atoms with Gasteiger partial charge in [-0.25, -0.2) is 9.97 Å². The number of nitrogens with one attached hydrogen (secondary N) is 2. The molecule has 174 valence electrons. The van der Waals surface area contributed by atoms with E-state index < -0.39 is 35.3 Å². The fourth-order valence-corrected chi connectivity index (χ4v) is 5.15. The van der Waals surface area contributed by atoms with E-state index in [0.717, 1.165) is 16.2 Å². The molecule has 2 aromatic rings. The van der Waals surface area contributed by atoms with E-state index in [9.17, 15) is 19.5 Å². The Labute approximate surface area is 223 Å². The van der Waals surface area contributed by atoms with Crippen molar-refractivity contribution in [3.8, 4) is 0 Å². The number of β-lactam (4-membered cyclic amide) rings is 1. The Morgan fingerprint density at radius 1 is 1.47 bits per heavy atom. The second-order valence-corrected chi connectivity index (χ2v) is 8.84. The van der Waals surface area contributed by atoms with Gasteiger partial charge >= 0.3 is 29.6 Å². The van der Waals surface area contributed by atoms with Crippen molar-refractivity contribution in [2.24, 2.45) is 5.16 Å². The number of thioether (sulfide) groups is 1. The van der Waals surface area contributed by atoms with Gasteiger partial charge in [0.2, 0.25) is 0 Å². The molecule has 0 saturated carbocycles. The molecule has 1 fully saturated rings. The van der Waals surface area contributed by atoms with Gasteiger partial charge in [0.15, 0.2) is 16.9 Å². The van der Waals surface area contributed by atoms with E-state index in [-0.39, 0.29) is 63.3 Å². The molecule has 0 aromatic carbocycles. The Balaban J connectivity index is 0.00000324. The zero-order valence-corrected chi connectivity index (χ0v) is 21.9. The standard InChI is InChI=1S/C18H19N7O6S2.Na/c1-7(13-20-3-4-21-13)31-9-6-32-16-11(15(27)25(16)12(9)17(28)29)23-14(26)10(24-30-2)8-5-33-18(19)22-8;/h3-5,7,11,16H,6H2,1-2H3,(H2,19,22)(H,20,21)(H,23,26)(H,28,29);/q;+1/p-1/b24-10-;/t7?,11-,16+;/m1./s1. The molecule has 0 bridgehead atoms. The van der Waals surface area contributed by atoms with Crippen molar-refractivity contribution in [3.05, 3.63) is 40.7 Å². The normalized spacial score (nSPS) is 20.6. The summed E-state index contributed by atoms with van der Waals surface area (Å²) in [5, 5.41) is 19.2. The van der Waals surface area contributed by atoms with E-state index in [4.69, 9.17) is 15.3 Å². The summed E-state index contributed by atoms with van der Waals surface area (Å²) < 4.78 is 5.77. The van der Waals surface area contributed by atoms with Crippen LogP contribution < -0.4 is 45.7 Å². The first-order valence-corrected chi connectivity index (χ1v) is 11.4. The van der Waals surface area contributed by atoms with Crippen LogP contribution >= 0.6 is 23.1 Å². The van der Waals surface area contributed by atoms with Crippen molar-refractivity contribution in [1.82, 2.24) is 25.2 Å². The number of nitrogen functional groups attached to an aromatic ring is 1. The van der Waals surface area contributed by atoms with E-state index in [1.54, 1.807) is 19.3 Å². The minimum atomic E-state index is -1.56. The Hall–Kier alpha value is -2.59. The summed E-state index contributed by atoms with van der Waals surface area (Å²) in [5.74, 6) is -2.16. The summed E-state index contributed by atoms with van der Waals surface area (Å²) in [6.07, 6.45) is 2.58. The maximum absolute atomic E-state index is 12.8. The molecule has 0 spiro atoms. The third-order valence-corrected chi connectivity index (χ3v) is 6.73. The van der Waals surface area contributed by atoms with Crippen LogP contribution in [-0.4, -0.2) is 67.6 Å². The minimum Gasteiger partial charge on any atom is -0.543 e. The van der Waals surface area contributed by atoms with E-state index in [1.807, 2.05) is 0 Å². The number of amides is 2. The first-order valence-electron chi connectivity index (χ1n) is 9.50. The molecule has 1 saturated heterocycles. The SMILES string of the molecule is CO/N=C(\C(=O)N[C@@H]1C(=O)N2C(C(=O)[O-])=C(OC(C)c3ncc[nH]3)CS[C@@H]12)c1csc(N)n1.[Na+]. The van der Waals surface area contributed by atoms with Gasteiger partial charge in [-0.3, -0.25) is 14.5 Å². The second kappa shape index (κ2) is 10.8. The zero-order valence-electron chi connectivity index (χ0n) is 18.3. The molecule has 13 nitrogen and oxygen atoms in total. The third-order valence-electron chi connectivity index (χ3n) is 4.80. The predicted molar refractivity (Wildman–Crippen MR) is 115 cm³/mol. The number of aliphatic carboxylic acids is 1. The summed E-state index contributed by atoms with van der Waals surface area (Å²) in [5.41, 5.74) is 5.27. The van der Waals surface area contributed by atoms with Crippen LogP contribution in [0, 0.1) is 0 Å². The monoisotopic (exact) mass is 515 g/mol. The molecule has 2 aliphatic rings. The summed E-state index contributed by atoms with van der Waals surface area (Å²) >= 11 is 2.35. The average Bonchev–Trinajstić information content (AvgIpc) is 3.47. The van der Waals surface area contributed by atoms with Crippen LogP contribution in [0.1, 0.15) is 24.5 Å². The molecular formula is C18H18N7NaO6S2. The number of ether oxygens (including phenoxy) is 1. The van der Waals surface area contributed by atoms with E-state index >= 15 is 0 Å². The van der Waals surface area contributed by atoms with E-state index in [2.05, 4.69) is 25.4 Å². The number of rotatable bonds is 8. The summed E-state index contributed by atoms with van der Waals surface area (Å²) in [6.45, 7) is 1.69. The number of carboxylic acids is 1. The number of carbonyl (C=O) groups is 3. The van der Waals surface area contributed by atoms with Crippen LogP contribution in [-0.2, 0) is 24.0 Å². The number of fused-ring (bicyclic) bond motifs is 1. The van der Waals surface area contributed by atoms with Crippen molar-refractivity contribution in [3.63, 3.8) is 0 Å². The quantitative estimate of drug-likeness (QED) is 0.135. The topological polar surface area (TPSA) is 188 Å². The smallest absolute Gasteiger partial charge is 0.543 e. The number of hydrogen-bond donors (Lipinski definition) is 3. The average molecular weight is 516 g/mol. The number of nitrogens with two attached hydrogens (primary N) is 1. The van der Waals surface area contributed by atoms with Crippen LogP contribution in [0.5, 0.6) is 0 Å². The van der Waals surface area contributed by atoms with Gasteiger partial charge in [0.05, 0.1) is 11.7 Å². The van der Waals surface area contributed by atoms with E-state index in [0.29, 0.717) is 5.82 Å². The van der Waals surface area contributed by atoms with E-state index in [1.165, 1.54) is 24.3 Å². The first-order chi connectivity index (χ1) is 15.8. The summed E-state index contributed by atoms with van der Waals surface area (Å²) in [6, 6.07) is -0.987. The number of carbonyl (C=O) groups excluding carboxylic acids is 3. The fraction of sp³-hybridized carbons (Fsp3) is 0.333. The van der Waals surface area contributed by atoms with Gasteiger partial charge in [0.25, 0.3) is 11.8 Å². The number of aromatic nitrogens is 3. The molecular weight excluding hydrogens is 497 g/mol. The molecule has 3 atom stereocenters. The Morgan fingerprint density at radius 3 is 2.82 bits per heavy atom. The maximum Gasteiger partial charge on any atom is 1.00 e. The number of aromatic amines is 1. The number of thiazole rings is 1. The van der Waals surface area contributed by atoms with Crippen LogP contribution in [0.25, 0.3) is 0 Å². The van der Waals surface area contributed by atoms with Gasteiger partial charge < -0.3 is 35.5 Å². The van der Waals surface area contributed by atoms with Crippen molar-refractivity contribution < 1.29 is 58.6 Å². The molecule has 4 rings (SSSR count). The van der Waals surface area contributed by atoms with Gasteiger partial charge in [-0.05, 0) is 6.92 Å². The molecule has 4 N–H and O–H groups in total. The number of hydrogen-bond acceptors (Lipinski definition) is 12. The number of H-pyrrole nitrogens is 1. The third kappa shape index (κ3) is 4.93.